The van der Waals surface area contributed by atoms with Gasteiger partial charge in [-0.15, -0.1) is 24.0 Å². The van der Waals surface area contributed by atoms with Crippen LogP contribution in [0.2, 0.25) is 5.02 Å². The molecule has 0 saturated carbocycles. The van der Waals surface area contributed by atoms with Gasteiger partial charge in [0.1, 0.15) is 0 Å². The van der Waals surface area contributed by atoms with Crippen LogP contribution in [0.4, 0.5) is 0 Å². The van der Waals surface area contributed by atoms with Crippen molar-refractivity contribution < 1.29 is 4.74 Å². The van der Waals surface area contributed by atoms with Crippen LogP contribution in [0.5, 0.6) is 0 Å². The van der Waals surface area contributed by atoms with E-state index in [2.05, 4.69) is 64.0 Å². The van der Waals surface area contributed by atoms with E-state index in [0.29, 0.717) is 18.6 Å². The lowest BCUT2D eigenvalue weighted by molar-refractivity contribution is 0.122. The molecule has 0 spiro atoms. The molecule has 0 amide bonds. The van der Waals surface area contributed by atoms with Crippen LogP contribution >= 0.6 is 35.6 Å². The molecule has 1 saturated heterocycles. The molecular weight excluding hydrogens is 523 g/mol. The van der Waals surface area contributed by atoms with Gasteiger partial charge in [-0.05, 0) is 61.2 Å². The molecule has 3 rings (SSSR count). The Morgan fingerprint density at radius 1 is 1.16 bits per heavy atom. The van der Waals surface area contributed by atoms with Crippen LogP contribution in [-0.4, -0.2) is 45.2 Å². The highest BCUT2D eigenvalue weighted by Crippen LogP contribution is 2.35. The van der Waals surface area contributed by atoms with Crippen LogP contribution < -0.4 is 10.6 Å². The van der Waals surface area contributed by atoms with Gasteiger partial charge >= 0.3 is 0 Å². The summed E-state index contributed by atoms with van der Waals surface area (Å²) in [6.07, 6.45) is 2.40. The van der Waals surface area contributed by atoms with Crippen molar-refractivity contribution in [2.24, 2.45) is 10.9 Å². The molecule has 1 fully saturated rings. The molecule has 2 aromatic carbocycles. The van der Waals surface area contributed by atoms with Crippen LogP contribution in [0.25, 0.3) is 0 Å². The van der Waals surface area contributed by atoms with E-state index in [-0.39, 0.29) is 24.0 Å². The SMILES string of the molecule is CN=C(NCc1ccc(COC)cc1)NCC1CCCN(C)C1c1cccc(Cl)c1.I. The predicted molar refractivity (Wildman–Crippen MR) is 140 cm³/mol. The minimum Gasteiger partial charge on any atom is -0.380 e. The average molecular weight is 557 g/mol. The Kier molecular flexibility index (Phi) is 11.1. The van der Waals surface area contributed by atoms with E-state index in [9.17, 15) is 0 Å². The number of ether oxygens (including phenoxy) is 1. The molecular formula is C24H34ClIN4O. The summed E-state index contributed by atoms with van der Waals surface area (Å²) >= 11 is 6.27. The zero-order valence-corrected chi connectivity index (χ0v) is 21.7. The zero-order valence-electron chi connectivity index (χ0n) is 18.6. The molecule has 2 atom stereocenters. The summed E-state index contributed by atoms with van der Waals surface area (Å²) in [5, 5.41) is 7.76. The van der Waals surface area contributed by atoms with Gasteiger partial charge in [0.2, 0.25) is 0 Å². The largest absolute Gasteiger partial charge is 0.380 e. The van der Waals surface area contributed by atoms with Crippen LogP contribution in [0.3, 0.4) is 0 Å². The van der Waals surface area contributed by atoms with Crippen LogP contribution in [0, 0.1) is 5.92 Å². The smallest absolute Gasteiger partial charge is 0.191 e. The maximum absolute atomic E-state index is 6.27. The third-order valence-corrected chi connectivity index (χ3v) is 5.98. The minimum absolute atomic E-state index is 0. The Balaban J connectivity index is 0.00000341. The van der Waals surface area contributed by atoms with Crippen molar-refractivity contribution in [2.45, 2.75) is 32.0 Å². The number of guanidine groups is 1. The van der Waals surface area contributed by atoms with Gasteiger partial charge in [0, 0.05) is 38.3 Å². The van der Waals surface area contributed by atoms with Gasteiger partial charge in [-0.25, -0.2) is 0 Å². The molecule has 1 aliphatic heterocycles. The first kappa shape index (κ1) is 25.9. The Morgan fingerprint density at radius 3 is 2.58 bits per heavy atom. The van der Waals surface area contributed by atoms with Gasteiger partial charge in [0.25, 0.3) is 0 Å². The van der Waals surface area contributed by atoms with E-state index in [4.69, 9.17) is 16.3 Å². The number of halogens is 2. The number of rotatable bonds is 7. The first-order chi connectivity index (χ1) is 14.6. The molecule has 2 unspecified atom stereocenters. The molecule has 2 N–H and O–H groups in total. The maximum atomic E-state index is 6.27. The van der Waals surface area contributed by atoms with E-state index in [1.165, 1.54) is 29.5 Å². The lowest BCUT2D eigenvalue weighted by Gasteiger charge is -2.40. The van der Waals surface area contributed by atoms with Gasteiger partial charge in [-0.2, -0.15) is 0 Å². The minimum atomic E-state index is 0. The van der Waals surface area contributed by atoms with Gasteiger partial charge < -0.3 is 15.4 Å². The number of nitrogens with one attached hydrogen (secondary N) is 2. The molecule has 7 heteroatoms. The molecule has 1 heterocycles. The molecule has 5 nitrogen and oxygen atoms in total. The molecule has 1 aliphatic rings. The highest BCUT2D eigenvalue weighted by molar-refractivity contribution is 14.0. The number of likely N-dealkylation sites (tertiary alicyclic amines) is 1. The number of hydrogen-bond donors (Lipinski definition) is 2. The van der Waals surface area contributed by atoms with Crippen LogP contribution in [-0.2, 0) is 17.9 Å². The summed E-state index contributed by atoms with van der Waals surface area (Å²) in [6, 6.07) is 17.1. The second-order valence-corrected chi connectivity index (χ2v) is 8.38. The summed E-state index contributed by atoms with van der Waals surface area (Å²) in [5.74, 6) is 1.32. The van der Waals surface area contributed by atoms with Crippen molar-refractivity contribution in [2.75, 3.05) is 34.3 Å². The molecule has 0 aromatic heterocycles. The first-order valence-electron chi connectivity index (χ1n) is 10.6. The van der Waals surface area contributed by atoms with E-state index in [1.807, 2.05) is 19.2 Å². The van der Waals surface area contributed by atoms with Crippen molar-refractivity contribution in [1.29, 1.82) is 0 Å². The normalized spacial score (nSPS) is 19.5. The van der Waals surface area contributed by atoms with Crippen molar-refractivity contribution in [1.82, 2.24) is 15.5 Å². The van der Waals surface area contributed by atoms with E-state index in [1.54, 1.807) is 7.11 Å². The average Bonchev–Trinajstić information content (AvgIpc) is 2.75. The summed E-state index contributed by atoms with van der Waals surface area (Å²) in [4.78, 5) is 6.85. The van der Waals surface area contributed by atoms with Gasteiger partial charge in [0.05, 0.1) is 6.61 Å². The Labute approximate surface area is 208 Å². The second kappa shape index (κ2) is 13.3. The van der Waals surface area contributed by atoms with Gasteiger partial charge in [-0.1, -0.05) is 48.0 Å². The fourth-order valence-electron chi connectivity index (χ4n) is 4.24. The van der Waals surface area contributed by atoms with Crippen molar-refractivity contribution in [3.63, 3.8) is 0 Å². The zero-order chi connectivity index (χ0) is 21.3. The van der Waals surface area contributed by atoms with E-state index < -0.39 is 0 Å². The molecule has 0 bridgehead atoms. The molecule has 170 valence electrons. The number of aliphatic imine (C=N–C) groups is 1. The lowest BCUT2D eigenvalue weighted by Crippen LogP contribution is -2.44. The first-order valence-corrected chi connectivity index (χ1v) is 11.0. The fraction of sp³-hybridized carbons (Fsp3) is 0.458. The summed E-state index contributed by atoms with van der Waals surface area (Å²) in [5.41, 5.74) is 3.68. The second-order valence-electron chi connectivity index (χ2n) is 7.94. The van der Waals surface area contributed by atoms with Crippen molar-refractivity contribution >= 4 is 41.5 Å². The Hall–Kier alpha value is -1.35. The van der Waals surface area contributed by atoms with Crippen LogP contribution in [0.15, 0.2) is 53.5 Å². The van der Waals surface area contributed by atoms with Crippen molar-refractivity contribution in [3.05, 3.63) is 70.2 Å². The number of nitrogens with zero attached hydrogens (tertiary/aromatic N) is 2. The predicted octanol–water partition coefficient (Wildman–Crippen LogP) is 4.85. The van der Waals surface area contributed by atoms with E-state index >= 15 is 0 Å². The molecule has 0 aliphatic carbocycles. The van der Waals surface area contributed by atoms with Crippen LogP contribution in [0.1, 0.15) is 35.6 Å². The fourth-order valence-corrected chi connectivity index (χ4v) is 4.44. The highest BCUT2D eigenvalue weighted by atomic mass is 127. The maximum Gasteiger partial charge on any atom is 0.191 e. The highest BCUT2D eigenvalue weighted by Gasteiger charge is 2.30. The van der Waals surface area contributed by atoms with E-state index in [0.717, 1.165) is 30.6 Å². The van der Waals surface area contributed by atoms with Crippen molar-refractivity contribution in [3.8, 4) is 0 Å². The Morgan fingerprint density at radius 2 is 1.90 bits per heavy atom. The van der Waals surface area contributed by atoms with Gasteiger partial charge in [0.15, 0.2) is 5.96 Å². The third-order valence-electron chi connectivity index (χ3n) is 5.75. The number of hydrogen-bond acceptors (Lipinski definition) is 3. The lowest BCUT2D eigenvalue weighted by atomic mass is 9.85. The summed E-state index contributed by atoms with van der Waals surface area (Å²) < 4.78 is 5.17. The standard InChI is InChI=1S/C24H33ClN4O.HI/c1-26-24(27-15-18-9-11-19(12-10-18)17-30-3)28-16-21-7-5-13-29(2)23(21)20-6-4-8-22(25)14-20;/h4,6,8-12,14,21,23H,5,7,13,15-17H2,1-3H3,(H2,26,27,28);1H. The summed E-state index contributed by atoms with van der Waals surface area (Å²) in [6.45, 7) is 3.35. The number of methoxy groups -OCH3 is 1. The quantitative estimate of drug-likeness (QED) is 0.291. The summed E-state index contributed by atoms with van der Waals surface area (Å²) in [7, 11) is 5.74. The monoisotopic (exact) mass is 556 g/mol. The number of piperidine rings is 1. The Bertz CT molecular complexity index is 831. The molecule has 2 aromatic rings. The third kappa shape index (κ3) is 7.63. The molecule has 31 heavy (non-hydrogen) atoms. The topological polar surface area (TPSA) is 48.9 Å². The molecule has 0 radical (unpaired) electrons. The van der Waals surface area contributed by atoms with Gasteiger partial charge in [-0.3, -0.25) is 9.89 Å². The number of benzene rings is 2.